The quantitative estimate of drug-likeness (QED) is 0.808. The Hall–Kier alpha value is -1.61. The normalized spacial score (nSPS) is 16.5. The van der Waals surface area contributed by atoms with Gasteiger partial charge >= 0.3 is 0 Å². The van der Waals surface area contributed by atoms with Crippen LogP contribution in [0.1, 0.15) is 18.6 Å². The minimum atomic E-state index is 0.889. The van der Waals surface area contributed by atoms with Crippen molar-refractivity contribution in [3.8, 4) is 11.3 Å². The van der Waals surface area contributed by atoms with Gasteiger partial charge in [0, 0.05) is 11.6 Å². The first-order valence-electron chi connectivity index (χ1n) is 6.15. The van der Waals surface area contributed by atoms with Crippen LogP contribution in [-0.4, -0.2) is 23.1 Å². The van der Waals surface area contributed by atoms with Crippen LogP contribution in [0.15, 0.2) is 40.9 Å². The Morgan fingerprint density at radius 3 is 2.65 bits per heavy atom. The molecule has 3 rings (SSSR count). The van der Waals surface area contributed by atoms with Crippen LogP contribution in [0.2, 0.25) is 0 Å². The lowest BCUT2D eigenvalue weighted by atomic mass is 10.1. The Labute approximate surface area is 101 Å². The SMILES string of the molecule is c1ccc(-c2cc(CN3CCCC3)on2)cc1. The third-order valence-electron chi connectivity index (χ3n) is 3.21. The molecule has 2 aromatic rings. The van der Waals surface area contributed by atoms with Crippen molar-refractivity contribution in [3.05, 3.63) is 42.2 Å². The van der Waals surface area contributed by atoms with E-state index in [-0.39, 0.29) is 0 Å². The van der Waals surface area contributed by atoms with Crippen LogP contribution in [0.5, 0.6) is 0 Å². The Morgan fingerprint density at radius 1 is 1.12 bits per heavy atom. The maximum Gasteiger partial charge on any atom is 0.151 e. The summed E-state index contributed by atoms with van der Waals surface area (Å²) in [5.74, 6) is 0.964. The van der Waals surface area contributed by atoms with E-state index >= 15 is 0 Å². The Bertz CT molecular complexity index is 472. The zero-order valence-corrected chi connectivity index (χ0v) is 9.80. The monoisotopic (exact) mass is 228 g/mol. The van der Waals surface area contributed by atoms with Gasteiger partial charge in [0.1, 0.15) is 5.69 Å². The number of aromatic nitrogens is 1. The molecule has 0 radical (unpaired) electrons. The fraction of sp³-hybridized carbons (Fsp3) is 0.357. The predicted molar refractivity (Wildman–Crippen MR) is 66.5 cm³/mol. The average Bonchev–Trinajstić information content (AvgIpc) is 3.02. The Morgan fingerprint density at radius 2 is 1.88 bits per heavy atom. The van der Waals surface area contributed by atoms with Gasteiger partial charge in [0.2, 0.25) is 0 Å². The predicted octanol–water partition coefficient (Wildman–Crippen LogP) is 2.94. The van der Waals surface area contributed by atoms with Gasteiger partial charge in [0.25, 0.3) is 0 Å². The molecular formula is C14H16N2O. The number of nitrogens with zero attached hydrogens (tertiary/aromatic N) is 2. The van der Waals surface area contributed by atoms with Gasteiger partial charge < -0.3 is 4.52 Å². The smallest absolute Gasteiger partial charge is 0.151 e. The van der Waals surface area contributed by atoms with E-state index in [0.29, 0.717) is 0 Å². The number of hydrogen-bond acceptors (Lipinski definition) is 3. The molecule has 0 amide bonds. The van der Waals surface area contributed by atoms with Gasteiger partial charge in [0.05, 0.1) is 6.54 Å². The number of hydrogen-bond donors (Lipinski definition) is 0. The van der Waals surface area contributed by atoms with E-state index in [9.17, 15) is 0 Å². The van der Waals surface area contributed by atoms with E-state index in [4.69, 9.17) is 4.52 Å². The molecule has 17 heavy (non-hydrogen) atoms. The summed E-state index contributed by atoms with van der Waals surface area (Å²) in [7, 11) is 0. The molecule has 2 heterocycles. The fourth-order valence-corrected chi connectivity index (χ4v) is 2.29. The van der Waals surface area contributed by atoms with Gasteiger partial charge in [-0.25, -0.2) is 0 Å². The van der Waals surface area contributed by atoms with Crippen molar-refractivity contribution in [2.24, 2.45) is 0 Å². The van der Waals surface area contributed by atoms with Crippen molar-refractivity contribution in [1.29, 1.82) is 0 Å². The molecule has 1 aromatic carbocycles. The molecule has 3 heteroatoms. The van der Waals surface area contributed by atoms with Crippen LogP contribution in [0.25, 0.3) is 11.3 Å². The van der Waals surface area contributed by atoms with Crippen LogP contribution in [0.3, 0.4) is 0 Å². The van der Waals surface area contributed by atoms with E-state index < -0.39 is 0 Å². The van der Waals surface area contributed by atoms with Crippen LogP contribution in [0.4, 0.5) is 0 Å². The second-order valence-corrected chi connectivity index (χ2v) is 4.53. The van der Waals surface area contributed by atoms with Crippen LogP contribution in [0, 0.1) is 0 Å². The lowest BCUT2D eigenvalue weighted by molar-refractivity contribution is 0.274. The summed E-state index contributed by atoms with van der Waals surface area (Å²) in [4.78, 5) is 2.41. The maximum atomic E-state index is 5.39. The molecule has 1 aliphatic rings. The highest BCUT2D eigenvalue weighted by Gasteiger charge is 2.14. The van der Waals surface area contributed by atoms with E-state index in [2.05, 4.69) is 22.2 Å². The van der Waals surface area contributed by atoms with Crippen molar-refractivity contribution in [3.63, 3.8) is 0 Å². The van der Waals surface area contributed by atoms with E-state index in [1.165, 1.54) is 25.9 Å². The van der Waals surface area contributed by atoms with Gasteiger partial charge in [0.15, 0.2) is 5.76 Å². The molecule has 1 aliphatic heterocycles. The zero-order chi connectivity index (χ0) is 11.5. The highest BCUT2D eigenvalue weighted by molar-refractivity contribution is 5.58. The third-order valence-corrected chi connectivity index (χ3v) is 3.21. The topological polar surface area (TPSA) is 29.3 Å². The van der Waals surface area contributed by atoms with Crippen molar-refractivity contribution >= 4 is 0 Å². The first-order valence-corrected chi connectivity index (χ1v) is 6.15. The standard InChI is InChI=1S/C14H16N2O/c1-2-6-12(7-3-1)14-10-13(17-15-14)11-16-8-4-5-9-16/h1-3,6-7,10H,4-5,8-9,11H2. The minimum Gasteiger partial charge on any atom is -0.359 e. The third kappa shape index (κ3) is 2.39. The van der Waals surface area contributed by atoms with Gasteiger partial charge in [-0.05, 0) is 25.9 Å². The highest BCUT2D eigenvalue weighted by Crippen LogP contribution is 2.20. The first-order chi connectivity index (χ1) is 8.42. The summed E-state index contributed by atoms with van der Waals surface area (Å²) in [6.07, 6.45) is 2.61. The summed E-state index contributed by atoms with van der Waals surface area (Å²) in [6.45, 7) is 3.25. The molecule has 0 spiro atoms. The van der Waals surface area contributed by atoms with Crippen LogP contribution >= 0.6 is 0 Å². The molecule has 0 aliphatic carbocycles. The molecule has 0 saturated carbocycles. The van der Waals surface area contributed by atoms with Gasteiger partial charge in [-0.3, -0.25) is 4.90 Å². The molecule has 88 valence electrons. The number of rotatable bonds is 3. The van der Waals surface area contributed by atoms with Crippen LogP contribution < -0.4 is 0 Å². The van der Waals surface area contributed by atoms with Gasteiger partial charge in [-0.15, -0.1) is 0 Å². The lowest BCUT2D eigenvalue weighted by Gasteiger charge is -2.10. The lowest BCUT2D eigenvalue weighted by Crippen LogP contribution is -2.17. The molecule has 1 aromatic heterocycles. The molecule has 0 unspecified atom stereocenters. The fourth-order valence-electron chi connectivity index (χ4n) is 2.29. The van der Waals surface area contributed by atoms with Crippen molar-refractivity contribution < 1.29 is 4.52 Å². The summed E-state index contributed by atoms with van der Waals surface area (Å²) in [5.41, 5.74) is 2.05. The summed E-state index contributed by atoms with van der Waals surface area (Å²) < 4.78 is 5.39. The first kappa shape index (κ1) is 10.5. The molecule has 0 atom stereocenters. The van der Waals surface area contributed by atoms with Crippen molar-refractivity contribution in [2.45, 2.75) is 19.4 Å². The van der Waals surface area contributed by atoms with Gasteiger partial charge in [-0.1, -0.05) is 35.5 Å². The second-order valence-electron chi connectivity index (χ2n) is 4.53. The second kappa shape index (κ2) is 4.72. The van der Waals surface area contributed by atoms with Crippen LogP contribution in [-0.2, 0) is 6.54 Å². The molecule has 1 fully saturated rings. The summed E-state index contributed by atoms with van der Waals surface area (Å²) in [5, 5.41) is 4.13. The molecule has 0 bridgehead atoms. The maximum absolute atomic E-state index is 5.39. The average molecular weight is 228 g/mol. The molecule has 3 nitrogen and oxygen atoms in total. The molecular weight excluding hydrogens is 212 g/mol. The van der Waals surface area contributed by atoms with E-state index in [1.54, 1.807) is 0 Å². The largest absolute Gasteiger partial charge is 0.359 e. The van der Waals surface area contributed by atoms with E-state index in [1.807, 2.05) is 24.3 Å². The summed E-state index contributed by atoms with van der Waals surface area (Å²) in [6, 6.07) is 12.2. The Balaban J connectivity index is 1.74. The number of likely N-dealkylation sites (tertiary alicyclic amines) is 1. The van der Waals surface area contributed by atoms with Crippen molar-refractivity contribution in [1.82, 2.24) is 10.1 Å². The zero-order valence-electron chi connectivity index (χ0n) is 9.80. The molecule has 0 N–H and O–H groups in total. The van der Waals surface area contributed by atoms with Crippen molar-refractivity contribution in [2.75, 3.05) is 13.1 Å². The Kier molecular flexibility index (Phi) is 2.92. The minimum absolute atomic E-state index is 0.889. The van der Waals surface area contributed by atoms with Gasteiger partial charge in [-0.2, -0.15) is 0 Å². The molecule has 1 saturated heterocycles. The highest BCUT2D eigenvalue weighted by atomic mass is 16.5. The van der Waals surface area contributed by atoms with E-state index in [0.717, 1.165) is 23.6 Å². The summed E-state index contributed by atoms with van der Waals surface area (Å²) >= 11 is 0. The number of benzene rings is 1.